The van der Waals surface area contributed by atoms with Crippen molar-refractivity contribution in [2.75, 3.05) is 19.7 Å². The molecule has 0 saturated carbocycles. The van der Waals surface area contributed by atoms with Gasteiger partial charge in [0, 0.05) is 24.5 Å². The molecule has 0 radical (unpaired) electrons. The zero-order valence-corrected chi connectivity index (χ0v) is 22.4. The average Bonchev–Trinajstić information content (AvgIpc) is 3.22. The van der Waals surface area contributed by atoms with Crippen molar-refractivity contribution in [3.63, 3.8) is 0 Å². The largest absolute Gasteiger partial charge is 0.489 e. The van der Waals surface area contributed by atoms with E-state index in [2.05, 4.69) is 16.9 Å². The van der Waals surface area contributed by atoms with Crippen molar-refractivity contribution >= 4 is 17.9 Å². The first-order chi connectivity index (χ1) is 18.7. The highest BCUT2D eigenvalue weighted by atomic mass is 16.5. The lowest BCUT2D eigenvalue weighted by molar-refractivity contribution is -0.144. The maximum absolute atomic E-state index is 13.4. The summed E-state index contributed by atoms with van der Waals surface area (Å²) in [6, 6.07) is 10.1. The number of rotatable bonds is 13. The second kappa shape index (κ2) is 13.7. The fourth-order valence-electron chi connectivity index (χ4n) is 4.69. The fourth-order valence-corrected chi connectivity index (χ4v) is 4.69. The normalized spacial score (nSPS) is 17.4. The summed E-state index contributed by atoms with van der Waals surface area (Å²) in [5, 5.41) is 11.9. The molecule has 39 heavy (non-hydrogen) atoms. The third-order valence-corrected chi connectivity index (χ3v) is 6.60. The van der Waals surface area contributed by atoms with E-state index in [-0.39, 0.29) is 13.2 Å². The van der Waals surface area contributed by atoms with Crippen LogP contribution in [-0.4, -0.2) is 58.7 Å². The van der Waals surface area contributed by atoms with Gasteiger partial charge in [0.2, 0.25) is 5.91 Å². The van der Waals surface area contributed by atoms with Crippen LogP contribution in [0.4, 0.5) is 4.79 Å². The zero-order chi connectivity index (χ0) is 28.4. The number of aryl methyl sites for hydroxylation is 2. The predicted molar refractivity (Wildman–Crippen MR) is 144 cm³/mol. The van der Waals surface area contributed by atoms with E-state index in [0.717, 1.165) is 17.0 Å². The summed E-state index contributed by atoms with van der Waals surface area (Å²) in [6.45, 7) is 8.44. The average molecular weight is 540 g/mol. The van der Waals surface area contributed by atoms with Crippen molar-refractivity contribution < 1.29 is 29.1 Å². The number of amides is 3. The molecule has 1 aliphatic heterocycles. The van der Waals surface area contributed by atoms with E-state index in [4.69, 9.17) is 15.2 Å². The number of benzene rings is 1. The summed E-state index contributed by atoms with van der Waals surface area (Å²) in [5.41, 5.74) is 10.4. The second-order valence-electron chi connectivity index (χ2n) is 9.59. The van der Waals surface area contributed by atoms with Gasteiger partial charge in [-0.25, -0.2) is 10.3 Å². The Morgan fingerprint density at radius 2 is 1.92 bits per heavy atom. The fraction of sp³-hybridized carbons (Fsp3) is 0.429. The highest BCUT2D eigenvalue weighted by Gasteiger charge is 2.48. The van der Waals surface area contributed by atoms with Crippen LogP contribution in [0.25, 0.3) is 0 Å². The summed E-state index contributed by atoms with van der Waals surface area (Å²) in [6.07, 6.45) is 2.58. The lowest BCUT2D eigenvalue weighted by Gasteiger charge is -2.29. The molecular formula is C28H37N5O6. The molecule has 0 bridgehead atoms. The minimum Gasteiger partial charge on any atom is -0.489 e. The molecular weight excluding hydrogens is 502 g/mol. The summed E-state index contributed by atoms with van der Waals surface area (Å²) in [7, 11) is 0. The van der Waals surface area contributed by atoms with Gasteiger partial charge in [0.25, 0.3) is 5.91 Å². The van der Waals surface area contributed by atoms with E-state index in [9.17, 15) is 19.6 Å². The number of carbonyl (C=O) groups excluding carboxylic acids is 3. The monoisotopic (exact) mass is 539 g/mol. The molecule has 1 saturated heterocycles. The van der Waals surface area contributed by atoms with Crippen LogP contribution >= 0.6 is 0 Å². The topological polar surface area (TPSA) is 156 Å². The molecule has 2 heterocycles. The first-order valence-electron chi connectivity index (χ1n) is 12.9. The molecule has 2 atom stereocenters. The Hall–Kier alpha value is -3.96. The van der Waals surface area contributed by atoms with Gasteiger partial charge in [-0.3, -0.25) is 19.8 Å². The summed E-state index contributed by atoms with van der Waals surface area (Å²) < 4.78 is 10.7. The van der Waals surface area contributed by atoms with Crippen molar-refractivity contribution in [1.29, 1.82) is 0 Å². The van der Waals surface area contributed by atoms with Gasteiger partial charge >= 0.3 is 6.09 Å². The van der Waals surface area contributed by atoms with Crippen LogP contribution in [0.2, 0.25) is 0 Å². The first kappa shape index (κ1) is 29.6. The third kappa shape index (κ3) is 7.78. The van der Waals surface area contributed by atoms with E-state index < -0.39 is 29.5 Å². The molecule has 11 nitrogen and oxygen atoms in total. The Kier molecular flexibility index (Phi) is 10.4. The Morgan fingerprint density at radius 1 is 1.23 bits per heavy atom. The molecule has 1 fully saturated rings. The summed E-state index contributed by atoms with van der Waals surface area (Å²) >= 11 is 0. The van der Waals surface area contributed by atoms with Gasteiger partial charge in [0.1, 0.15) is 30.5 Å². The minimum atomic E-state index is -1.30. The van der Waals surface area contributed by atoms with E-state index in [0.29, 0.717) is 50.1 Å². The number of alkyl carbamates (subject to hydrolysis) is 1. The molecule has 0 aliphatic carbocycles. The minimum absolute atomic E-state index is 0.114. The lowest BCUT2D eigenvalue weighted by atomic mass is 9.89. The van der Waals surface area contributed by atoms with E-state index in [1.165, 1.54) is 11.0 Å². The smallest absolute Gasteiger partial charge is 0.407 e. The quantitative estimate of drug-likeness (QED) is 0.131. The molecule has 1 unspecified atom stereocenters. The SMILES string of the molecule is C=CCOC(=O)NCCCC[C@H](C(=O)NO)N1CCC(N)(c2ccc(OCc3cc(C)nc(C)c3)cc2)C1=O. The number of ether oxygens (including phenoxy) is 2. The van der Waals surface area contributed by atoms with Crippen LogP contribution in [0.5, 0.6) is 5.75 Å². The van der Waals surface area contributed by atoms with Crippen LogP contribution < -0.4 is 21.3 Å². The van der Waals surface area contributed by atoms with Crippen molar-refractivity contribution in [2.45, 2.75) is 57.7 Å². The van der Waals surface area contributed by atoms with E-state index in [1.807, 2.05) is 26.0 Å². The van der Waals surface area contributed by atoms with Crippen LogP contribution in [0.15, 0.2) is 49.1 Å². The molecule has 1 aromatic carbocycles. The summed E-state index contributed by atoms with van der Waals surface area (Å²) in [4.78, 5) is 43.2. The Labute approximate surface area is 228 Å². The number of nitrogens with one attached hydrogen (secondary N) is 2. The number of unbranched alkanes of at least 4 members (excludes halogenated alkanes) is 1. The molecule has 0 spiro atoms. The molecule has 1 aliphatic rings. The van der Waals surface area contributed by atoms with E-state index in [1.54, 1.807) is 29.7 Å². The van der Waals surface area contributed by atoms with Gasteiger partial charge in [-0.15, -0.1) is 0 Å². The van der Waals surface area contributed by atoms with Gasteiger partial charge in [0.15, 0.2) is 0 Å². The van der Waals surface area contributed by atoms with Gasteiger partial charge in [-0.2, -0.15) is 0 Å². The molecule has 1 aromatic heterocycles. The lowest BCUT2D eigenvalue weighted by Crippen LogP contribution is -2.52. The molecule has 3 amide bonds. The Balaban J connectivity index is 1.58. The number of nitrogens with two attached hydrogens (primary N) is 1. The number of hydrogen-bond donors (Lipinski definition) is 4. The number of aromatic nitrogens is 1. The van der Waals surface area contributed by atoms with Crippen LogP contribution in [-0.2, 0) is 26.5 Å². The number of hydroxylamine groups is 1. The van der Waals surface area contributed by atoms with Gasteiger partial charge in [0.05, 0.1) is 0 Å². The van der Waals surface area contributed by atoms with Crippen LogP contribution in [0, 0.1) is 13.8 Å². The zero-order valence-electron chi connectivity index (χ0n) is 22.4. The van der Waals surface area contributed by atoms with Crippen molar-refractivity contribution in [3.05, 3.63) is 71.6 Å². The number of likely N-dealkylation sites (tertiary alicyclic amines) is 1. The predicted octanol–water partition coefficient (Wildman–Crippen LogP) is 2.62. The van der Waals surface area contributed by atoms with Crippen molar-refractivity contribution in [2.24, 2.45) is 5.73 Å². The Morgan fingerprint density at radius 3 is 2.56 bits per heavy atom. The molecule has 5 N–H and O–H groups in total. The van der Waals surface area contributed by atoms with E-state index >= 15 is 0 Å². The maximum atomic E-state index is 13.4. The Bertz CT molecular complexity index is 1150. The molecule has 3 rings (SSSR count). The molecule has 2 aromatic rings. The maximum Gasteiger partial charge on any atom is 0.407 e. The molecule has 11 heteroatoms. The van der Waals surface area contributed by atoms with Crippen LogP contribution in [0.1, 0.15) is 48.2 Å². The number of carbonyl (C=O) groups is 3. The number of hydrogen-bond acceptors (Lipinski definition) is 8. The van der Waals surface area contributed by atoms with Gasteiger partial charge in [-0.05, 0) is 74.9 Å². The van der Waals surface area contributed by atoms with Gasteiger partial charge < -0.3 is 25.4 Å². The van der Waals surface area contributed by atoms with Crippen LogP contribution in [0.3, 0.4) is 0 Å². The van der Waals surface area contributed by atoms with Crippen molar-refractivity contribution in [1.82, 2.24) is 20.7 Å². The third-order valence-electron chi connectivity index (χ3n) is 6.60. The standard InChI is InChI=1S/C28H37N5O6/c1-4-15-38-27(36)30-13-6-5-7-24(25(34)32-37)33-14-12-28(29,26(33)35)22-8-10-23(11-9-22)39-18-21-16-19(2)31-20(3)17-21/h4,8-11,16-17,24,37H,1,5-7,12-15,18,29H2,2-3H3,(H,30,36)(H,32,34)/t24-,28?/m1/s1. The summed E-state index contributed by atoms with van der Waals surface area (Å²) in [5.74, 6) is -0.439. The van der Waals surface area contributed by atoms with Crippen molar-refractivity contribution in [3.8, 4) is 5.75 Å². The number of pyridine rings is 1. The first-order valence-corrected chi connectivity index (χ1v) is 12.9. The highest BCUT2D eigenvalue weighted by molar-refractivity contribution is 5.94. The second-order valence-corrected chi connectivity index (χ2v) is 9.59. The molecule has 210 valence electrons. The number of nitrogens with zero attached hydrogens (tertiary/aromatic N) is 2. The highest BCUT2D eigenvalue weighted by Crippen LogP contribution is 2.34. The van der Waals surface area contributed by atoms with Gasteiger partial charge in [-0.1, -0.05) is 24.8 Å².